The topological polar surface area (TPSA) is 41.9 Å². The molecule has 19 heavy (non-hydrogen) atoms. The number of aliphatic imine (C=N–C) groups is 1. The number of rotatable bonds is 5. The highest BCUT2D eigenvalue weighted by molar-refractivity contribution is 8.15. The zero-order chi connectivity index (χ0) is 13.7. The Bertz CT molecular complexity index is 497. The fraction of sp³-hybridized carbons (Fsp3) is 0.286. The maximum Gasteiger partial charge on any atom is 0.239 e. The molecule has 4 nitrogen and oxygen atoms in total. The number of amides is 1. The zero-order valence-electron chi connectivity index (χ0n) is 10.8. The molecule has 0 N–H and O–H groups in total. The Labute approximate surface area is 117 Å². The summed E-state index contributed by atoms with van der Waals surface area (Å²) in [4.78, 5) is 17.8. The summed E-state index contributed by atoms with van der Waals surface area (Å²) < 4.78 is 5.38. The van der Waals surface area contributed by atoms with Gasteiger partial charge in [-0.1, -0.05) is 17.8 Å². The first-order chi connectivity index (χ1) is 9.24. The number of benzene rings is 1. The van der Waals surface area contributed by atoms with Crippen molar-refractivity contribution in [2.24, 2.45) is 4.99 Å². The quantitative estimate of drug-likeness (QED) is 0.777. The number of carbonyl (C=O) groups is 1. The van der Waals surface area contributed by atoms with E-state index in [2.05, 4.69) is 11.6 Å². The van der Waals surface area contributed by atoms with Crippen molar-refractivity contribution in [3.8, 4) is 5.75 Å². The molecule has 0 aliphatic carbocycles. The van der Waals surface area contributed by atoms with Crippen LogP contribution < -0.4 is 4.74 Å². The average molecular weight is 276 g/mol. The highest BCUT2D eigenvalue weighted by Gasteiger charge is 2.26. The van der Waals surface area contributed by atoms with Gasteiger partial charge in [0, 0.05) is 6.54 Å². The van der Waals surface area contributed by atoms with Crippen molar-refractivity contribution in [3.63, 3.8) is 0 Å². The van der Waals surface area contributed by atoms with Crippen LogP contribution in [0.5, 0.6) is 5.75 Å². The second kappa shape index (κ2) is 6.43. The van der Waals surface area contributed by atoms with E-state index >= 15 is 0 Å². The summed E-state index contributed by atoms with van der Waals surface area (Å²) in [6.45, 7) is 6.75. The number of hydrogen-bond acceptors (Lipinski definition) is 4. The summed E-state index contributed by atoms with van der Waals surface area (Å²) in [5.74, 6) is 1.35. The van der Waals surface area contributed by atoms with Crippen LogP contribution in [0.3, 0.4) is 0 Å². The van der Waals surface area contributed by atoms with Crippen molar-refractivity contribution < 1.29 is 9.53 Å². The maximum atomic E-state index is 11.7. The first kappa shape index (κ1) is 13.7. The van der Waals surface area contributed by atoms with E-state index in [0.29, 0.717) is 18.9 Å². The molecule has 1 aliphatic rings. The number of hydrogen-bond donors (Lipinski definition) is 0. The Morgan fingerprint density at radius 2 is 2.21 bits per heavy atom. The van der Waals surface area contributed by atoms with Crippen LogP contribution in [0.15, 0.2) is 41.9 Å². The van der Waals surface area contributed by atoms with Crippen molar-refractivity contribution in [1.82, 2.24) is 4.90 Å². The SMILES string of the molecule is C=CCN1C(=O)CSC1=Nc1ccc(OCC)cc1. The van der Waals surface area contributed by atoms with E-state index in [-0.39, 0.29) is 5.91 Å². The van der Waals surface area contributed by atoms with E-state index in [1.165, 1.54) is 11.8 Å². The summed E-state index contributed by atoms with van der Waals surface area (Å²) in [7, 11) is 0. The molecule has 0 aromatic heterocycles. The zero-order valence-corrected chi connectivity index (χ0v) is 11.7. The first-order valence-electron chi connectivity index (χ1n) is 6.10. The van der Waals surface area contributed by atoms with Gasteiger partial charge in [0.2, 0.25) is 5.91 Å². The predicted octanol–water partition coefficient (Wildman–Crippen LogP) is 2.83. The van der Waals surface area contributed by atoms with E-state index in [1.54, 1.807) is 11.0 Å². The van der Waals surface area contributed by atoms with Gasteiger partial charge in [-0.25, -0.2) is 4.99 Å². The molecule has 1 aromatic rings. The lowest BCUT2D eigenvalue weighted by molar-refractivity contribution is -0.123. The maximum absolute atomic E-state index is 11.7. The molecule has 1 saturated heterocycles. The van der Waals surface area contributed by atoms with E-state index in [9.17, 15) is 4.79 Å². The van der Waals surface area contributed by atoms with E-state index in [0.717, 1.165) is 16.6 Å². The van der Waals surface area contributed by atoms with Gasteiger partial charge >= 0.3 is 0 Å². The Morgan fingerprint density at radius 1 is 1.47 bits per heavy atom. The minimum atomic E-state index is 0.0783. The molecule has 0 bridgehead atoms. The molecule has 1 fully saturated rings. The molecule has 1 aromatic carbocycles. The summed E-state index contributed by atoms with van der Waals surface area (Å²) in [6.07, 6.45) is 1.71. The van der Waals surface area contributed by atoms with Gasteiger partial charge in [-0.3, -0.25) is 9.69 Å². The second-order valence-corrected chi connectivity index (χ2v) is 4.85. The number of nitrogens with zero attached hydrogens (tertiary/aromatic N) is 2. The van der Waals surface area contributed by atoms with Crippen molar-refractivity contribution >= 4 is 28.5 Å². The number of amidine groups is 1. The Morgan fingerprint density at radius 3 is 2.84 bits per heavy atom. The fourth-order valence-electron chi connectivity index (χ4n) is 1.68. The van der Waals surface area contributed by atoms with Crippen LogP contribution in [-0.4, -0.2) is 34.9 Å². The molecule has 0 spiro atoms. The first-order valence-corrected chi connectivity index (χ1v) is 7.08. The van der Waals surface area contributed by atoms with E-state index < -0.39 is 0 Å². The largest absolute Gasteiger partial charge is 0.494 e. The molecule has 0 unspecified atom stereocenters. The number of ether oxygens (including phenoxy) is 1. The Balaban J connectivity index is 2.15. The summed E-state index contributed by atoms with van der Waals surface area (Å²) >= 11 is 1.46. The van der Waals surface area contributed by atoms with Crippen LogP contribution in [0.1, 0.15) is 6.92 Å². The van der Waals surface area contributed by atoms with Gasteiger partial charge in [0.1, 0.15) is 5.75 Å². The molecule has 2 rings (SSSR count). The molecular formula is C14H16N2O2S. The van der Waals surface area contributed by atoms with Crippen molar-refractivity contribution in [1.29, 1.82) is 0 Å². The van der Waals surface area contributed by atoms with Crippen molar-refractivity contribution in [2.45, 2.75) is 6.92 Å². The highest BCUT2D eigenvalue weighted by Crippen LogP contribution is 2.25. The highest BCUT2D eigenvalue weighted by atomic mass is 32.2. The van der Waals surface area contributed by atoms with Gasteiger partial charge in [-0.15, -0.1) is 6.58 Å². The lowest BCUT2D eigenvalue weighted by atomic mass is 10.3. The third-order valence-electron chi connectivity index (χ3n) is 2.54. The minimum Gasteiger partial charge on any atom is -0.494 e. The number of carbonyl (C=O) groups excluding carboxylic acids is 1. The molecule has 1 amide bonds. The normalized spacial score (nSPS) is 17.0. The van der Waals surface area contributed by atoms with Crippen molar-refractivity contribution in [2.75, 3.05) is 18.9 Å². The van der Waals surface area contributed by atoms with E-state index in [1.807, 2.05) is 31.2 Å². The molecular weight excluding hydrogens is 260 g/mol. The number of thioether (sulfide) groups is 1. The Kier molecular flexibility index (Phi) is 4.63. The van der Waals surface area contributed by atoms with Gasteiger partial charge in [-0.2, -0.15) is 0 Å². The fourth-order valence-corrected chi connectivity index (χ4v) is 2.60. The molecule has 1 aliphatic heterocycles. The monoisotopic (exact) mass is 276 g/mol. The molecule has 100 valence electrons. The Hall–Kier alpha value is -1.75. The van der Waals surface area contributed by atoms with Gasteiger partial charge in [-0.05, 0) is 31.2 Å². The smallest absolute Gasteiger partial charge is 0.239 e. The van der Waals surface area contributed by atoms with Crippen LogP contribution in [0.25, 0.3) is 0 Å². The minimum absolute atomic E-state index is 0.0783. The van der Waals surface area contributed by atoms with E-state index in [4.69, 9.17) is 4.74 Å². The molecule has 0 radical (unpaired) electrons. The van der Waals surface area contributed by atoms with Crippen LogP contribution in [-0.2, 0) is 4.79 Å². The summed E-state index contributed by atoms with van der Waals surface area (Å²) in [5, 5.41) is 0.731. The van der Waals surface area contributed by atoms with Gasteiger partial charge in [0.05, 0.1) is 18.0 Å². The molecule has 0 saturated carbocycles. The lowest BCUT2D eigenvalue weighted by Gasteiger charge is -2.13. The standard InChI is InChI=1S/C14H16N2O2S/c1-3-9-16-13(17)10-19-14(16)15-11-5-7-12(8-6-11)18-4-2/h3,5-8H,1,4,9-10H2,2H3. The third kappa shape index (κ3) is 3.38. The second-order valence-electron chi connectivity index (χ2n) is 3.90. The molecule has 0 atom stereocenters. The van der Waals surface area contributed by atoms with Gasteiger partial charge in [0.15, 0.2) is 5.17 Å². The van der Waals surface area contributed by atoms with Crippen LogP contribution in [0.2, 0.25) is 0 Å². The van der Waals surface area contributed by atoms with Crippen LogP contribution in [0.4, 0.5) is 5.69 Å². The van der Waals surface area contributed by atoms with Gasteiger partial charge in [0.25, 0.3) is 0 Å². The summed E-state index contributed by atoms with van der Waals surface area (Å²) in [6, 6.07) is 7.52. The average Bonchev–Trinajstić information content (AvgIpc) is 2.75. The summed E-state index contributed by atoms with van der Waals surface area (Å²) in [5.41, 5.74) is 0.815. The molecule has 5 heteroatoms. The predicted molar refractivity (Wildman–Crippen MR) is 79.1 cm³/mol. The molecule has 1 heterocycles. The lowest BCUT2D eigenvalue weighted by Crippen LogP contribution is -2.29. The van der Waals surface area contributed by atoms with Crippen LogP contribution >= 0.6 is 11.8 Å². The third-order valence-corrected chi connectivity index (χ3v) is 3.50. The van der Waals surface area contributed by atoms with Gasteiger partial charge < -0.3 is 4.74 Å². The van der Waals surface area contributed by atoms with Crippen molar-refractivity contribution in [3.05, 3.63) is 36.9 Å². The van der Waals surface area contributed by atoms with Crippen LogP contribution in [0, 0.1) is 0 Å².